The molecule has 8 rings (SSSR count). The van der Waals surface area contributed by atoms with Crippen molar-refractivity contribution in [3.05, 3.63) is 35.0 Å². The lowest BCUT2D eigenvalue weighted by Crippen LogP contribution is -2.22. The number of benzene rings is 2. The SMILES string of the molecule is CCN(CC)c1cc(Nc2nc(Nc3cc(N(CC)CC)c(OC)cc3N=Nc3snc4scc(OC)c34)nc(SC3CCCCC3)n2)c(N=Nc2snc3scc(OC)c23)cc1OC.O=S(=O)=O.O=S(=O)=O. The summed E-state index contributed by atoms with van der Waals surface area (Å²) in [4.78, 5) is 21.2. The van der Waals surface area contributed by atoms with Gasteiger partial charge in [-0.25, -0.2) is 0 Å². The normalized spacial score (nSPS) is 12.5. The highest BCUT2D eigenvalue weighted by Crippen LogP contribution is 2.47. The molecule has 1 aliphatic rings. The lowest BCUT2D eigenvalue weighted by molar-refractivity contribution is 0.414. The van der Waals surface area contributed by atoms with Crippen LogP contribution < -0.4 is 39.4 Å². The molecule has 390 valence electrons. The Kier molecular flexibility index (Phi) is 20.9. The van der Waals surface area contributed by atoms with Gasteiger partial charge in [0.1, 0.15) is 44.0 Å². The first kappa shape index (κ1) is 56.1. The topological polar surface area (TPSA) is 284 Å². The second-order valence-electron chi connectivity index (χ2n) is 15.1. The second-order valence-corrected chi connectivity index (χ2v) is 20.4. The fourth-order valence-electron chi connectivity index (χ4n) is 7.61. The van der Waals surface area contributed by atoms with Gasteiger partial charge >= 0.3 is 21.2 Å². The van der Waals surface area contributed by atoms with Crippen molar-refractivity contribution in [3.8, 4) is 23.0 Å². The molecule has 0 atom stereocenters. The molecule has 5 aromatic heterocycles. The maximum atomic E-state index is 8.44. The summed E-state index contributed by atoms with van der Waals surface area (Å²) in [6, 6.07) is 7.78. The van der Waals surface area contributed by atoms with Crippen molar-refractivity contribution in [2.24, 2.45) is 20.5 Å². The van der Waals surface area contributed by atoms with E-state index in [0.29, 0.717) is 78.1 Å². The van der Waals surface area contributed by atoms with E-state index in [1.807, 2.05) is 35.0 Å². The maximum Gasteiger partial charge on any atom is 0.425 e. The van der Waals surface area contributed by atoms with Crippen LogP contribution in [0.3, 0.4) is 0 Å². The van der Waals surface area contributed by atoms with E-state index in [2.05, 4.69) is 56.9 Å². The molecule has 1 fully saturated rings. The van der Waals surface area contributed by atoms with Crippen LogP contribution in [0, 0.1) is 0 Å². The van der Waals surface area contributed by atoms with Gasteiger partial charge in [-0.15, -0.1) is 68.4 Å². The summed E-state index contributed by atoms with van der Waals surface area (Å²) in [6.45, 7) is 11.5. The molecule has 2 aromatic carbocycles. The largest absolute Gasteiger partial charge is 0.495 e. The molecule has 0 radical (unpaired) electrons. The molecule has 0 aliphatic heterocycles. The van der Waals surface area contributed by atoms with Crippen molar-refractivity contribution >= 4 is 155 Å². The number of thiophene rings is 2. The smallest absolute Gasteiger partial charge is 0.425 e. The van der Waals surface area contributed by atoms with E-state index in [9.17, 15) is 0 Å². The molecule has 0 saturated heterocycles. The van der Waals surface area contributed by atoms with Gasteiger partial charge in [0.15, 0.2) is 15.2 Å². The minimum absolute atomic E-state index is 0.324. The van der Waals surface area contributed by atoms with Crippen molar-refractivity contribution in [1.29, 1.82) is 0 Å². The van der Waals surface area contributed by atoms with Gasteiger partial charge in [-0.2, -0.15) is 23.7 Å². The Morgan fingerprint density at radius 3 is 1.36 bits per heavy atom. The zero-order chi connectivity index (χ0) is 52.6. The lowest BCUT2D eigenvalue weighted by atomic mass is 10.0. The Bertz CT molecular complexity index is 3060. The molecule has 5 heterocycles. The van der Waals surface area contributed by atoms with Gasteiger partial charge in [0, 0.05) is 54.3 Å². The first-order chi connectivity index (χ1) is 35.3. The van der Waals surface area contributed by atoms with Crippen LogP contribution in [-0.2, 0) is 21.2 Å². The standard InChI is InChI=1S/C43H51N13O4S5.2O3S/c1-9-55(10-2)29-18-25(27(20-31(29)57-5)49-51-37-35-33(59-7)22-61-39(35)53-64-37)44-41-46-42(48-43(47-41)63-24-16-14-13-15-17-24)45-26-19-30(56(11-3)12-4)32(58-6)21-28(26)50-52-38-36-34(60-8)23-62-40(36)54-65-38;2*1-4(2)3/h18-24H,9-17H2,1-8H3,(H2,44,45,46,47,48);;. The first-order valence-electron chi connectivity index (χ1n) is 22.4. The predicted octanol–water partition coefficient (Wildman–Crippen LogP) is 11.7. The Hall–Kier alpha value is -6.18. The highest BCUT2D eigenvalue weighted by atomic mass is 32.2. The number of thioether (sulfide) groups is 1. The number of ether oxygens (including phenoxy) is 4. The zero-order valence-electron chi connectivity index (χ0n) is 40.8. The molecule has 0 bridgehead atoms. The van der Waals surface area contributed by atoms with Crippen LogP contribution in [0.4, 0.5) is 56.0 Å². The fraction of sp³-hybridized carbons (Fsp3) is 0.419. The number of fused-ring (bicyclic) bond motifs is 2. The van der Waals surface area contributed by atoms with E-state index in [-0.39, 0.29) is 0 Å². The second kappa shape index (κ2) is 27.2. The fourth-order valence-corrected chi connectivity index (χ4v) is 12.2. The number of anilines is 6. The molecular weight excluding hydrogens is 1080 g/mol. The third kappa shape index (κ3) is 14.5. The minimum atomic E-state index is -3.11. The molecule has 30 heteroatoms. The molecule has 1 aliphatic carbocycles. The summed E-state index contributed by atoms with van der Waals surface area (Å²) in [5.41, 5.74) is 4.07. The molecule has 0 unspecified atom stereocenters. The number of methoxy groups -OCH3 is 4. The van der Waals surface area contributed by atoms with Crippen LogP contribution >= 0.6 is 57.5 Å². The average molecular weight is 1130 g/mol. The summed E-state index contributed by atoms with van der Waals surface area (Å²) in [5.74, 6) is 3.38. The molecule has 1 saturated carbocycles. The third-order valence-electron chi connectivity index (χ3n) is 11.0. The highest BCUT2D eigenvalue weighted by Gasteiger charge is 2.23. The van der Waals surface area contributed by atoms with E-state index < -0.39 is 21.2 Å². The minimum Gasteiger partial charge on any atom is -0.495 e. The summed E-state index contributed by atoms with van der Waals surface area (Å²) in [5, 5.41) is 33.8. The van der Waals surface area contributed by atoms with Crippen molar-refractivity contribution in [1.82, 2.24) is 23.7 Å². The van der Waals surface area contributed by atoms with Crippen molar-refractivity contribution in [2.75, 3.05) is 75.1 Å². The van der Waals surface area contributed by atoms with Gasteiger partial charge in [0.05, 0.1) is 62.0 Å². The van der Waals surface area contributed by atoms with Crippen LogP contribution in [0.15, 0.2) is 60.6 Å². The van der Waals surface area contributed by atoms with E-state index in [1.165, 1.54) is 65.0 Å². The number of nitrogens with zero attached hydrogens (tertiary/aromatic N) is 11. The van der Waals surface area contributed by atoms with Gasteiger partial charge in [0.25, 0.3) is 0 Å². The number of hydrogen-bond acceptors (Lipinski definition) is 28. The summed E-state index contributed by atoms with van der Waals surface area (Å²) < 4.78 is 83.0. The van der Waals surface area contributed by atoms with Gasteiger partial charge in [0.2, 0.25) is 11.9 Å². The Morgan fingerprint density at radius 1 is 0.589 bits per heavy atom. The van der Waals surface area contributed by atoms with Crippen LogP contribution in [0.5, 0.6) is 23.0 Å². The number of hydrogen-bond donors (Lipinski definition) is 2. The molecule has 23 nitrogen and oxygen atoms in total. The van der Waals surface area contributed by atoms with Crippen molar-refractivity contribution in [3.63, 3.8) is 0 Å². The maximum absolute atomic E-state index is 8.44. The van der Waals surface area contributed by atoms with Crippen LogP contribution in [0.2, 0.25) is 0 Å². The molecular formula is C43H51N13O10S7. The van der Waals surface area contributed by atoms with Crippen LogP contribution in [0.1, 0.15) is 59.8 Å². The van der Waals surface area contributed by atoms with E-state index in [4.69, 9.17) is 79.6 Å². The number of rotatable bonds is 20. The first-order valence-corrected chi connectivity index (χ1v) is 28.6. The molecule has 0 spiro atoms. The quantitative estimate of drug-likeness (QED) is 0.0671. The molecule has 0 amide bonds. The average Bonchev–Trinajstić information content (AvgIpc) is 4.18. The van der Waals surface area contributed by atoms with Crippen LogP contribution in [-0.4, -0.2) is 109 Å². The number of nitrogens with one attached hydrogen (secondary N) is 2. The molecule has 7 aromatic rings. The zero-order valence-corrected chi connectivity index (χ0v) is 46.5. The number of aromatic nitrogens is 5. The van der Waals surface area contributed by atoms with Gasteiger partial charge in [-0.1, -0.05) is 31.0 Å². The predicted molar refractivity (Wildman–Crippen MR) is 288 cm³/mol. The number of azo groups is 2. The summed E-state index contributed by atoms with van der Waals surface area (Å²) >= 11 is 7.23. The van der Waals surface area contributed by atoms with E-state index in [1.54, 1.807) is 40.2 Å². The Morgan fingerprint density at radius 2 is 0.986 bits per heavy atom. The van der Waals surface area contributed by atoms with Gasteiger partial charge in [-0.3, -0.25) is 0 Å². The third-order valence-corrected chi connectivity index (χ3v) is 15.6. The van der Waals surface area contributed by atoms with Gasteiger partial charge in [-0.05, 0) is 75.7 Å². The van der Waals surface area contributed by atoms with Crippen molar-refractivity contribution in [2.45, 2.75) is 70.2 Å². The highest BCUT2D eigenvalue weighted by molar-refractivity contribution is 7.99. The molecule has 73 heavy (non-hydrogen) atoms. The Balaban J connectivity index is 0.00000101. The van der Waals surface area contributed by atoms with E-state index in [0.717, 1.165) is 70.8 Å². The van der Waals surface area contributed by atoms with Crippen molar-refractivity contribution < 1.29 is 44.2 Å². The molecule has 2 N–H and O–H groups in total. The van der Waals surface area contributed by atoms with E-state index >= 15 is 0 Å². The van der Waals surface area contributed by atoms with Gasteiger partial charge < -0.3 is 39.4 Å². The van der Waals surface area contributed by atoms with Crippen LogP contribution in [0.25, 0.3) is 20.4 Å². The summed E-state index contributed by atoms with van der Waals surface area (Å²) in [7, 11) is 0.383. The summed E-state index contributed by atoms with van der Waals surface area (Å²) in [6.07, 6.45) is 5.77. The Labute approximate surface area is 444 Å². The lowest BCUT2D eigenvalue weighted by Gasteiger charge is -2.25. The monoisotopic (exact) mass is 1130 g/mol.